The Morgan fingerprint density at radius 2 is 2.42 bits per heavy atom. The fourth-order valence-electron chi connectivity index (χ4n) is 1.37. The lowest BCUT2D eigenvalue weighted by Gasteiger charge is -2.13. The number of allylic oxidation sites excluding steroid dienone is 1. The number of hydrogen-bond acceptors (Lipinski definition) is 2. The van der Waals surface area contributed by atoms with Crippen LogP contribution in [0.1, 0.15) is 13.3 Å². The van der Waals surface area contributed by atoms with Crippen molar-refractivity contribution in [1.82, 2.24) is 4.90 Å². The number of carbonyl (C=O) groups excluding carboxylic acids is 1. The Labute approximate surface area is 73.0 Å². The summed E-state index contributed by atoms with van der Waals surface area (Å²) in [6, 6.07) is 0. The zero-order chi connectivity index (χ0) is 8.97. The Kier molecular flexibility index (Phi) is 3.29. The topological polar surface area (TPSA) is 29.5 Å². The summed E-state index contributed by atoms with van der Waals surface area (Å²) in [4.78, 5) is 13.1. The van der Waals surface area contributed by atoms with Crippen molar-refractivity contribution in [3.8, 4) is 0 Å². The van der Waals surface area contributed by atoms with Crippen LogP contribution >= 0.6 is 0 Å². The smallest absolute Gasteiger partial charge is 0.246 e. The number of nitrogens with zero attached hydrogens (tertiary/aromatic N) is 1. The van der Waals surface area contributed by atoms with E-state index in [1.165, 1.54) is 0 Å². The van der Waals surface area contributed by atoms with Crippen LogP contribution in [0.15, 0.2) is 12.2 Å². The van der Waals surface area contributed by atoms with E-state index >= 15 is 0 Å². The van der Waals surface area contributed by atoms with E-state index in [-0.39, 0.29) is 12.0 Å². The van der Waals surface area contributed by atoms with Gasteiger partial charge in [-0.3, -0.25) is 4.79 Å². The van der Waals surface area contributed by atoms with Gasteiger partial charge in [0.25, 0.3) is 0 Å². The van der Waals surface area contributed by atoms with Crippen molar-refractivity contribution in [1.29, 1.82) is 0 Å². The van der Waals surface area contributed by atoms with Crippen molar-refractivity contribution in [2.24, 2.45) is 0 Å². The lowest BCUT2D eigenvalue weighted by atomic mass is 10.3. The van der Waals surface area contributed by atoms with Crippen LogP contribution in [0.3, 0.4) is 0 Å². The predicted octanol–water partition coefficient (Wildman–Crippen LogP) is 0.810. The molecule has 0 radical (unpaired) electrons. The van der Waals surface area contributed by atoms with Gasteiger partial charge in [0.2, 0.25) is 5.91 Å². The molecule has 12 heavy (non-hydrogen) atoms. The lowest BCUT2D eigenvalue weighted by Crippen LogP contribution is -2.28. The first-order valence-electron chi connectivity index (χ1n) is 4.22. The Hall–Kier alpha value is -0.830. The SMILES string of the molecule is C/C=C/C(=O)N1CCC(OC)C1. The third-order valence-electron chi connectivity index (χ3n) is 2.10. The van der Waals surface area contributed by atoms with Crippen LogP contribution in [0, 0.1) is 0 Å². The molecule has 1 atom stereocenters. The molecule has 1 amide bonds. The summed E-state index contributed by atoms with van der Waals surface area (Å²) in [6.45, 7) is 3.41. The zero-order valence-electron chi connectivity index (χ0n) is 7.62. The third-order valence-corrected chi connectivity index (χ3v) is 2.10. The van der Waals surface area contributed by atoms with Gasteiger partial charge in [-0.05, 0) is 19.4 Å². The summed E-state index contributed by atoms with van der Waals surface area (Å²) in [7, 11) is 1.69. The first kappa shape index (κ1) is 9.26. The molecule has 3 nitrogen and oxygen atoms in total. The first-order valence-corrected chi connectivity index (χ1v) is 4.22. The number of methoxy groups -OCH3 is 1. The molecule has 0 saturated carbocycles. The maximum atomic E-state index is 11.3. The Morgan fingerprint density at radius 3 is 2.92 bits per heavy atom. The van der Waals surface area contributed by atoms with Gasteiger partial charge >= 0.3 is 0 Å². The predicted molar refractivity (Wildman–Crippen MR) is 46.8 cm³/mol. The molecule has 3 heteroatoms. The monoisotopic (exact) mass is 169 g/mol. The number of rotatable bonds is 2. The maximum absolute atomic E-state index is 11.3. The lowest BCUT2D eigenvalue weighted by molar-refractivity contribution is -0.125. The van der Waals surface area contributed by atoms with Crippen LogP contribution in [0.4, 0.5) is 0 Å². The van der Waals surface area contributed by atoms with Gasteiger partial charge in [-0.1, -0.05) is 6.08 Å². The van der Waals surface area contributed by atoms with Gasteiger partial charge in [0.1, 0.15) is 0 Å². The van der Waals surface area contributed by atoms with Crippen molar-refractivity contribution in [2.45, 2.75) is 19.4 Å². The van der Waals surface area contributed by atoms with Crippen molar-refractivity contribution in [3.63, 3.8) is 0 Å². The minimum atomic E-state index is 0.0945. The summed E-state index contributed by atoms with van der Waals surface area (Å²) in [5, 5.41) is 0. The standard InChI is InChI=1S/C9H15NO2/c1-3-4-9(11)10-6-5-8(7-10)12-2/h3-4,8H,5-7H2,1-2H3/b4-3+. The van der Waals surface area contributed by atoms with Gasteiger partial charge in [-0.2, -0.15) is 0 Å². The van der Waals surface area contributed by atoms with Crippen LogP contribution in [-0.4, -0.2) is 37.1 Å². The second kappa shape index (κ2) is 4.26. The van der Waals surface area contributed by atoms with Crippen LogP contribution in [0.25, 0.3) is 0 Å². The summed E-state index contributed by atoms with van der Waals surface area (Å²) in [5.41, 5.74) is 0. The number of ether oxygens (including phenoxy) is 1. The second-order valence-corrected chi connectivity index (χ2v) is 2.93. The molecule has 0 N–H and O–H groups in total. The molecule has 1 aliphatic rings. The molecule has 0 aromatic carbocycles. The molecule has 1 rings (SSSR count). The van der Waals surface area contributed by atoms with E-state index in [0.717, 1.165) is 19.5 Å². The van der Waals surface area contributed by atoms with Crippen molar-refractivity contribution in [2.75, 3.05) is 20.2 Å². The van der Waals surface area contributed by atoms with Crippen LogP contribution < -0.4 is 0 Å². The van der Waals surface area contributed by atoms with E-state index in [2.05, 4.69) is 0 Å². The summed E-state index contributed by atoms with van der Waals surface area (Å²) >= 11 is 0. The number of likely N-dealkylation sites (tertiary alicyclic amines) is 1. The molecule has 1 aliphatic heterocycles. The molecule has 1 unspecified atom stereocenters. The highest BCUT2D eigenvalue weighted by Crippen LogP contribution is 2.11. The van der Waals surface area contributed by atoms with Gasteiger partial charge in [0.15, 0.2) is 0 Å². The number of carbonyl (C=O) groups is 1. The summed E-state index contributed by atoms with van der Waals surface area (Å²) in [5.74, 6) is 0.0945. The molecular weight excluding hydrogens is 154 g/mol. The molecule has 0 spiro atoms. The quantitative estimate of drug-likeness (QED) is 0.572. The minimum Gasteiger partial charge on any atom is -0.380 e. The molecule has 0 bridgehead atoms. The summed E-state index contributed by atoms with van der Waals surface area (Å²) < 4.78 is 5.15. The van der Waals surface area contributed by atoms with Crippen molar-refractivity contribution in [3.05, 3.63) is 12.2 Å². The van der Waals surface area contributed by atoms with Crippen molar-refractivity contribution < 1.29 is 9.53 Å². The van der Waals surface area contributed by atoms with Crippen molar-refractivity contribution >= 4 is 5.91 Å². The minimum absolute atomic E-state index is 0.0945. The molecule has 68 valence electrons. The zero-order valence-corrected chi connectivity index (χ0v) is 7.62. The van der Waals surface area contributed by atoms with Crippen LogP contribution in [-0.2, 0) is 9.53 Å². The van der Waals surface area contributed by atoms with E-state index in [1.807, 2.05) is 11.8 Å². The van der Waals surface area contributed by atoms with Gasteiger partial charge in [-0.25, -0.2) is 0 Å². The molecule has 0 aromatic heterocycles. The highest BCUT2D eigenvalue weighted by molar-refractivity contribution is 5.87. The molecular formula is C9H15NO2. The Bertz CT molecular complexity index is 189. The van der Waals surface area contributed by atoms with E-state index in [9.17, 15) is 4.79 Å². The molecule has 0 aromatic rings. The van der Waals surface area contributed by atoms with Gasteiger partial charge in [-0.15, -0.1) is 0 Å². The van der Waals surface area contributed by atoms with Gasteiger partial charge in [0.05, 0.1) is 6.10 Å². The Morgan fingerprint density at radius 1 is 1.67 bits per heavy atom. The molecule has 0 aliphatic carbocycles. The number of amides is 1. The van der Waals surface area contributed by atoms with E-state index < -0.39 is 0 Å². The number of hydrogen-bond donors (Lipinski definition) is 0. The maximum Gasteiger partial charge on any atom is 0.246 e. The summed E-state index contributed by atoms with van der Waals surface area (Å²) in [6.07, 6.45) is 4.56. The average molecular weight is 169 g/mol. The highest BCUT2D eigenvalue weighted by atomic mass is 16.5. The second-order valence-electron chi connectivity index (χ2n) is 2.93. The Balaban J connectivity index is 2.41. The van der Waals surface area contributed by atoms with Gasteiger partial charge < -0.3 is 9.64 Å². The van der Waals surface area contributed by atoms with Crippen LogP contribution in [0.5, 0.6) is 0 Å². The van der Waals surface area contributed by atoms with Crippen LogP contribution in [0.2, 0.25) is 0 Å². The van der Waals surface area contributed by atoms with Gasteiger partial charge in [0, 0.05) is 20.2 Å². The van der Waals surface area contributed by atoms with E-state index in [4.69, 9.17) is 4.74 Å². The normalized spacial score (nSPS) is 23.8. The molecule has 1 saturated heterocycles. The molecule has 1 fully saturated rings. The first-order chi connectivity index (χ1) is 5.77. The highest BCUT2D eigenvalue weighted by Gasteiger charge is 2.24. The molecule has 1 heterocycles. The average Bonchev–Trinajstić information content (AvgIpc) is 2.52. The third kappa shape index (κ3) is 2.08. The fourth-order valence-corrected chi connectivity index (χ4v) is 1.37. The fraction of sp³-hybridized carbons (Fsp3) is 0.667. The van der Waals surface area contributed by atoms with E-state index in [1.54, 1.807) is 19.3 Å². The van der Waals surface area contributed by atoms with E-state index in [0.29, 0.717) is 0 Å². The largest absolute Gasteiger partial charge is 0.380 e.